The normalized spacial score (nSPS) is 14.1. The van der Waals surface area contributed by atoms with Crippen LogP contribution in [0.15, 0.2) is 24.3 Å². The molecule has 0 radical (unpaired) electrons. The first-order chi connectivity index (χ1) is 9.49. The fourth-order valence-corrected chi connectivity index (χ4v) is 3.41. The number of carbonyl (C=O) groups excluding carboxylic acids is 2. The maximum Gasteiger partial charge on any atom is 0.299 e. The molecule has 1 aromatic carbocycles. The summed E-state index contributed by atoms with van der Waals surface area (Å²) in [6.07, 6.45) is 0. The molecular weight excluding hydrogens is 324 g/mol. The molecule has 0 saturated heterocycles. The summed E-state index contributed by atoms with van der Waals surface area (Å²) in [6.45, 7) is 0.0895. The van der Waals surface area contributed by atoms with Crippen LogP contribution in [0.2, 0.25) is 9.36 Å². The predicted octanol–water partition coefficient (Wildman–Crippen LogP) is 3.92. The minimum Gasteiger partial charge on any atom is -0.297 e. The lowest BCUT2D eigenvalue weighted by Crippen LogP contribution is -2.29. The molecule has 0 atom stereocenters. The van der Waals surface area contributed by atoms with Gasteiger partial charge in [-0.25, -0.2) is 4.39 Å². The van der Waals surface area contributed by atoms with Gasteiger partial charge in [-0.1, -0.05) is 23.2 Å². The van der Waals surface area contributed by atoms with Crippen LogP contribution in [-0.4, -0.2) is 11.7 Å². The molecule has 0 aliphatic carbocycles. The third-order valence-corrected chi connectivity index (χ3v) is 4.49. The minimum atomic E-state index is -0.785. The topological polar surface area (TPSA) is 37.4 Å². The van der Waals surface area contributed by atoms with E-state index in [9.17, 15) is 14.0 Å². The Balaban J connectivity index is 2.08. The fraction of sp³-hybridized carbons (Fsp3) is 0.0769. The first-order valence-corrected chi connectivity index (χ1v) is 7.14. The molecule has 0 N–H and O–H groups in total. The number of hydrogen-bond donors (Lipinski definition) is 0. The molecule has 3 rings (SSSR count). The number of amides is 1. The molecule has 0 unspecified atom stereocenters. The van der Waals surface area contributed by atoms with Crippen LogP contribution in [0.25, 0.3) is 0 Å². The van der Waals surface area contributed by atoms with Gasteiger partial charge in [0.2, 0.25) is 0 Å². The van der Waals surface area contributed by atoms with Crippen molar-refractivity contribution < 1.29 is 14.0 Å². The van der Waals surface area contributed by atoms with E-state index < -0.39 is 17.5 Å². The van der Waals surface area contributed by atoms with E-state index in [4.69, 9.17) is 23.2 Å². The van der Waals surface area contributed by atoms with Crippen LogP contribution in [-0.2, 0) is 11.3 Å². The number of ketones is 1. The Kier molecular flexibility index (Phi) is 3.28. The highest BCUT2D eigenvalue weighted by molar-refractivity contribution is 7.16. The second-order valence-electron chi connectivity index (χ2n) is 4.18. The van der Waals surface area contributed by atoms with E-state index in [2.05, 4.69) is 0 Å². The summed E-state index contributed by atoms with van der Waals surface area (Å²) < 4.78 is 14.5. The molecule has 1 aromatic heterocycles. The Morgan fingerprint density at radius 3 is 2.55 bits per heavy atom. The monoisotopic (exact) mass is 329 g/mol. The Morgan fingerprint density at radius 1 is 1.15 bits per heavy atom. The van der Waals surface area contributed by atoms with Gasteiger partial charge in [-0.3, -0.25) is 14.5 Å². The Morgan fingerprint density at radius 2 is 1.90 bits per heavy atom. The molecule has 0 spiro atoms. The van der Waals surface area contributed by atoms with Gasteiger partial charge < -0.3 is 0 Å². The zero-order valence-corrected chi connectivity index (χ0v) is 12.2. The van der Waals surface area contributed by atoms with Crippen molar-refractivity contribution in [1.82, 2.24) is 0 Å². The van der Waals surface area contributed by atoms with Crippen LogP contribution < -0.4 is 4.90 Å². The molecular formula is C13H6Cl2FNO2S. The van der Waals surface area contributed by atoms with Crippen LogP contribution >= 0.6 is 34.5 Å². The van der Waals surface area contributed by atoms with Gasteiger partial charge in [0.15, 0.2) is 0 Å². The number of rotatable bonds is 2. The summed E-state index contributed by atoms with van der Waals surface area (Å²) in [4.78, 5) is 25.8. The summed E-state index contributed by atoms with van der Waals surface area (Å²) in [5.41, 5.74) is -0.128. The van der Waals surface area contributed by atoms with Gasteiger partial charge in [-0.05, 0) is 24.3 Å². The number of Topliss-reactive ketones (excluding diaryl/α,β-unsaturated/α-hetero) is 1. The quantitative estimate of drug-likeness (QED) is 0.783. The average molecular weight is 330 g/mol. The predicted molar refractivity (Wildman–Crippen MR) is 76.3 cm³/mol. The number of anilines is 1. The summed E-state index contributed by atoms with van der Waals surface area (Å²) in [6, 6.07) is 5.82. The zero-order valence-electron chi connectivity index (χ0n) is 9.82. The van der Waals surface area contributed by atoms with E-state index in [1.807, 2.05) is 0 Å². The molecule has 0 bridgehead atoms. The second kappa shape index (κ2) is 4.84. The van der Waals surface area contributed by atoms with Gasteiger partial charge in [0, 0.05) is 4.88 Å². The molecule has 2 aromatic rings. The van der Waals surface area contributed by atoms with Crippen LogP contribution in [0.5, 0.6) is 0 Å². The van der Waals surface area contributed by atoms with Crippen molar-refractivity contribution in [2.24, 2.45) is 0 Å². The lowest BCUT2D eigenvalue weighted by atomic mass is 10.1. The second-order valence-corrected chi connectivity index (χ2v) is 6.39. The van der Waals surface area contributed by atoms with Gasteiger partial charge in [0.05, 0.1) is 27.2 Å². The van der Waals surface area contributed by atoms with E-state index in [1.165, 1.54) is 17.4 Å². The number of hydrogen-bond acceptors (Lipinski definition) is 3. The molecule has 3 nitrogen and oxygen atoms in total. The van der Waals surface area contributed by atoms with Crippen molar-refractivity contribution in [3.05, 3.63) is 49.9 Å². The van der Waals surface area contributed by atoms with Gasteiger partial charge in [-0.15, -0.1) is 11.3 Å². The molecule has 0 fully saturated rings. The first kappa shape index (κ1) is 13.5. The number of fused-ring (bicyclic) bond motifs is 1. The third kappa shape index (κ3) is 2.02. The summed E-state index contributed by atoms with van der Waals surface area (Å²) in [5.74, 6) is -2.21. The van der Waals surface area contributed by atoms with Crippen molar-refractivity contribution >= 4 is 51.9 Å². The van der Waals surface area contributed by atoms with E-state index in [1.54, 1.807) is 12.1 Å². The highest BCUT2D eigenvalue weighted by atomic mass is 35.5. The molecule has 0 saturated carbocycles. The molecule has 20 heavy (non-hydrogen) atoms. The molecule has 2 heterocycles. The van der Waals surface area contributed by atoms with Gasteiger partial charge in [-0.2, -0.15) is 0 Å². The Bertz CT molecular complexity index is 744. The molecule has 1 aliphatic heterocycles. The van der Waals surface area contributed by atoms with Crippen molar-refractivity contribution in [2.45, 2.75) is 6.54 Å². The van der Waals surface area contributed by atoms with Crippen molar-refractivity contribution in [3.8, 4) is 0 Å². The smallest absolute Gasteiger partial charge is 0.297 e. The largest absolute Gasteiger partial charge is 0.299 e. The Labute approximate surface area is 127 Å². The number of benzene rings is 1. The van der Waals surface area contributed by atoms with Gasteiger partial charge in [0.1, 0.15) is 5.82 Å². The van der Waals surface area contributed by atoms with Crippen molar-refractivity contribution in [2.75, 3.05) is 4.90 Å². The minimum absolute atomic E-state index is 0.0583. The molecule has 102 valence electrons. The highest BCUT2D eigenvalue weighted by Gasteiger charge is 2.40. The molecule has 1 amide bonds. The van der Waals surface area contributed by atoms with Crippen LogP contribution in [0.4, 0.5) is 10.1 Å². The first-order valence-electron chi connectivity index (χ1n) is 5.57. The summed E-state index contributed by atoms with van der Waals surface area (Å²) >= 11 is 13.0. The number of thiophene rings is 1. The number of carbonyl (C=O) groups is 2. The summed E-state index contributed by atoms with van der Waals surface area (Å²) in [7, 11) is 0. The fourth-order valence-electron chi connectivity index (χ4n) is 2.10. The lowest BCUT2D eigenvalue weighted by molar-refractivity contribution is -0.114. The lowest BCUT2D eigenvalue weighted by Gasteiger charge is -2.16. The third-order valence-electron chi connectivity index (χ3n) is 2.96. The van der Waals surface area contributed by atoms with Crippen LogP contribution in [0.3, 0.4) is 0 Å². The van der Waals surface area contributed by atoms with Crippen LogP contribution in [0.1, 0.15) is 15.2 Å². The van der Waals surface area contributed by atoms with Gasteiger partial charge in [0.25, 0.3) is 11.7 Å². The number of halogens is 3. The molecule has 1 aliphatic rings. The maximum absolute atomic E-state index is 13.9. The SMILES string of the molecule is O=C1C(=O)N(Cc2ccc(Cl)s2)c2c(F)ccc(Cl)c21. The van der Waals surface area contributed by atoms with E-state index >= 15 is 0 Å². The van der Waals surface area contributed by atoms with Crippen molar-refractivity contribution in [3.63, 3.8) is 0 Å². The van der Waals surface area contributed by atoms with E-state index in [0.29, 0.717) is 4.34 Å². The summed E-state index contributed by atoms with van der Waals surface area (Å²) in [5, 5.41) is 0.0754. The zero-order chi connectivity index (χ0) is 14.4. The Hall–Kier alpha value is -1.43. The average Bonchev–Trinajstić information content (AvgIpc) is 2.92. The maximum atomic E-state index is 13.9. The van der Waals surface area contributed by atoms with Gasteiger partial charge >= 0.3 is 0 Å². The van der Waals surface area contributed by atoms with E-state index in [0.717, 1.165) is 15.8 Å². The highest BCUT2D eigenvalue weighted by Crippen LogP contribution is 2.38. The van der Waals surface area contributed by atoms with E-state index in [-0.39, 0.29) is 22.8 Å². The van der Waals surface area contributed by atoms with Crippen LogP contribution in [0, 0.1) is 5.82 Å². The molecule has 7 heteroatoms. The van der Waals surface area contributed by atoms with Crippen molar-refractivity contribution in [1.29, 1.82) is 0 Å². The number of nitrogens with zero attached hydrogens (tertiary/aromatic N) is 1. The standard InChI is InChI=1S/C13H6Cl2FNO2S/c14-7-2-3-8(16)11-10(7)12(18)13(19)17(11)5-6-1-4-9(15)20-6/h1-4H,5H2.